The van der Waals surface area contributed by atoms with E-state index in [0.29, 0.717) is 6.42 Å². The number of amides is 1. The lowest BCUT2D eigenvalue weighted by molar-refractivity contribution is -0.146. The van der Waals surface area contributed by atoms with Gasteiger partial charge in [0, 0.05) is 12.5 Å². The summed E-state index contributed by atoms with van der Waals surface area (Å²) in [4.78, 5) is 21.6. The molecule has 0 radical (unpaired) electrons. The quantitative estimate of drug-likeness (QED) is 0.631. The highest BCUT2D eigenvalue weighted by Crippen LogP contribution is 2.18. The maximum atomic E-state index is 11.0. The van der Waals surface area contributed by atoms with Crippen LogP contribution < -0.4 is 5.32 Å². The van der Waals surface area contributed by atoms with Gasteiger partial charge in [0.15, 0.2) is 0 Å². The first kappa shape index (κ1) is 9.03. The molecule has 1 heterocycles. The number of hydrogen-bond donors (Lipinski definition) is 2. The Bertz CT molecular complexity index is 202. The van der Waals surface area contributed by atoms with Crippen molar-refractivity contribution in [3.8, 4) is 0 Å². The molecule has 0 bridgehead atoms. The van der Waals surface area contributed by atoms with Gasteiger partial charge in [-0.05, 0) is 12.8 Å². The fourth-order valence-corrected chi connectivity index (χ4v) is 1.45. The van der Waals surface area contributed by atoms with E-state index in [9.17, 15) is 9.59 Å². The smallest absolute Gasteiger partial charge is 0.307 e. The average Bonchev–Trinajstić information content (AvgIpc) is 2.03. The lowest BCUT2D eigenvalue weighted by atomic mass is 9.91. The molecule has 0 aliphatic carbocycles. The molecule has 2 N–H and O–H groups in total. The molecular weight excluding hydrogens is 158 g/mol. The summed E-state index contributed by atoms with van der Waals surface area (Å²) in [6.07, 6.45) is 1.50. The van der Waals surface area contributed by atoms with Crippen molar-refractivity contribution in [2.75, 3.05) is 0 Å². The highest BCUT2D eigenvalue weighted by molar-refractivity contribution is 5.83. The Balaban J connectivity index is 2.56. The minimum Gasteiger partial charge on any atom is -0.481 e. The fourth-order valence-electron chi connectivity index (χ4n) is 1.45. The van der Waals surface area contributed by atoms with Crippen LogP contribution in [0.5, 0.6) is 0 Å². The molecule has 1 aliphatic rings. The van der Waals surface area contributed by atoms with Crippen molar-refractivity contribution in [2.45, 2.75) is 32.2 Å². The van der Waals surface area contributed by atoms with E-state index in [1.165, 1.54) is 0 Å². The number of carboxylic acids is 1. The Kier molecular flexibility index (Phi) is 2.68. The fraction of sp³-hybridized carbons (Fsp3) is 0.750. The first-order valence-corrected chi connectivity index (χ1v) is 4.15. The van der Waals surface area contributed by atoms with Gasteiger partial charge in [0.25, 0.3) is 0 Å². The molecule has 1 amide bonds. The van der Waals surface area contributed by atoms with Crippen LogP contribution >= 0.6 is 0 Å². The van der Waals surface area contributed by atoms with Gasteiger partial charge < -0.3 is 10.4 Å². The molecule has 1 saturated heterocycles. The lowest BCUT2D eigenvalue weighted by Crippen LogP contribution is -2.43. The Hall–Kier alpha value is -1.06. The minimum absolute atomic E-state index is 0.0485. The van der Waals surface area contributed by atoms with Crippen molar-refractivity contribution in [1.82, 2.24) is 5.32 Å². The summed E-state index contributed by atoms with van der Waals surface area (Å²) >= 11 is 0. The van der Waals surface area contributed by atoms with Crippen LogP contribution in [0.25, 0.3) is 0 Å². The van der Waals surface area contributed by atoms with Gasteiger partial charge in [-0.2, -0.15) is 0 Å². The number of carboxylic acid groups (broad SMARTS) is 1. The average molecular weight is 171 g/mol. The van der Waals surface area contributed by atoms with Crippen molar-refractivity contribution in [3.05, 3.63) is 0 Å². The van der Waals surface area contributed by atoms with Crippen LogP contribution in [-0.2, 0) is 9.59 Å². The summed E-state index contributed by atoms with van der Waals surface area (Å²) in [5.41, 5.74) is 0. The van der Waals surface area contributed by atoms with E-state index in [1.54, 1.807) is 0 Å². The zero-order chi connectivity index (χ0) is 9.14. The predicted molar refractivity (Wildman–Crippen MR) is 42.6 cm³/mol. The van der Waals surface area contributed by atoms with Gasteiger partial charge in [-0.15, -0.1) is 0 Å². The summed E-state index contributed by atoms with van der Waals surface area (Å²) in [7, 11) is 0. The lowest BCUT2D eigenvalue weighted by Gasteiger charge is -2.26. The number of carbonyl (C=O) groups is 2. The topological polar surface area (TPSA) is 66.4 Å². The highest BCUT2D eigenvalue weighted by Gasteiger charge is 2.29. The molecule has 1 rings (SSSR count). The van der Waals surface area contributed by atoms with Crippen LogP contribution in [0.4, 0.5) is 0 Å². The van der Waals surface area contributed by atoms with Crippen molar-refractivity contribution in [2.24, 2.45) is 5.92 Å². The zero-order valence-electron chi connectivity index (χ0n) is 7.04. The van der Waals surface area contributed by atoms with Crippen LogP contribution in [0.15, 0.2) is 0 Å². The number of hydrogen-bond acceptors (Lipinski definition) is 2. The van der Waals surface area contributed by atoms with Gasteiger partial charge in [0.05, 0.1) is 5.92 Å². The second-order valence-corrected chi connectivity index (χ2v) is 3.15. The van der Waals surface area contributed by atoms with Crippen LogP contribution in [0, 0.1) is 5.92 Å². The molecule has 0 aromatic heterocycles. The molecule has 68 valence electrons. The monoisotopic (exact) mass is 171 g/mol. The Labute approximate surface area is 71.0 Å². The third-order valence-electron chi connectivity index (χ3n) is 2.21. The van der Waals surface area contributed by atoms with Crippen molar-refractivity contribution in [1.29, 1.82) is 0 Å². The molecule has 4 heteroatoms. The number of piperidine rings is 1. The van der Waals surface area contributed by atoms with E-state index in [-0.39, 0.29) is 18.4 Å². The molecule has 12 heavy (non-hydrogen) atoms. The molecule has 0 aromatic carbocycles. The number of nitrogens with one attached hydrogen (secondary N) is 1. The molecular formula is C8H13NO3. The molecule has 1 aliphatic heterocycles. The maximum Gasteiger partial charge on any atom is 0.307 e. The van der Waals surface area contributed by atoms with Crippen molar-refractivity contribution in [3.63, 3.8) is 0 Å². The van der Waals surface area contributed by atoms with Gasteiger partial charge >= 0.3 is 5.97 Å². The summed E-state index contributed by atoms with van der Waals surface area (Å²) in [5.74, 6) is -1.48. The van der Waals surface area contributed by atoms with E-state index in [4.69, 9.17) is 5.11 Å². The zero-order valence-corrected chi connectivity index (χ0v) is 7.04. The van der Waals surface area contributed by atoms with Gasteiger partial charge in [-0.1, -0.05) is 6.92 Å². The summed E-state index contributed by atoms with van der Waals surface area (Å²) < 4.78 is 0. The molecule has 0 spiro atoms. The van der Waals surface area contributed by atoms with Crippen LogP contribution in [0.2, 0.25) is 0 Å². The number of carbonyl (C=O) groups excluding carboxylic acids is 1. The van der Waals surface area contributed by atoms with E-state index in [0.717, 1.165) is 6.42 Å². The van der Waals surface area contributed by atoms with Crippen molar-refractivity contribution >= 4 is 11.9 Å². The van der Waals surface area contributed by atoms with E-state index < -0.39 is 11.9 Å². The second-order valence-electron chi connectivity index (χ2n) is 3.15. The standard InChI is InChI=1S/C8H13NO3/c1-2-6-3-5(8(11)12)4-7(10)9-6/h5-6H,2-4H2,1H3,(H,9,10)(H,11,12)/t5-,6+/m1/s1. The SMILES string of the molecule is CC[C@H]1C[C@@H](C(=O)O)CC(=O)N1. The molecule has 4 nitrogen and oxygen atoms in total. The Morgan fingerprint density at radius 1 is 1.75 bits per heavy atom. The van der Waals surface area contributed by atoms with E-state index in [2.05, 4.69) is 5.32 Å². The predicted octanol–water partition coefficient (Wildman–Crippen LogP) is 0.376. The Morgan fingerprint density at radius 3 is 2.92 bits per heavy atom. The second kappa shape index (κ2) is 3.56. The van der Waals surface area contributed by atoms with Gasteiger partial charge in [0.2, 0.25) is 5.91 Å². The summed E-state index contributed by atoms with van der Waals surface area (Å²) in [6, 6.07) is 0.0485. The molecule has 1 fully saturated rings. The van der Waals surface area contributed by atoms with Gasteiger partial charge in [0.1, 0.15) is 0 Å². The first-order chi connectivity index (χ1) is 5.63. The van der Waals surface area contributed by atoms with Crippen LogP contribution in [0.3, 0.4) is 0 Å². The number of aliphatic carboxylic acids is 1. The normalized spacial score (nSPS) is 29.6. The maximum absolute atomic E-state index is 11.0. The molecule has 2 atom stereocenters. The summed E-state index contributed by atoms with van der Waals surface area (Å²) in [6.45, 7) is 1.94. The van der Waals surface area contributed by atoms with Crippen LogP contribution in [0.1, 0.15) is 26.2 Å². The molecule has 0 unspecified atom stereocenters. The highest BCUT2D eigenvalue weighted by atomic mass is 16.4. The van der Waals surface area contributed by atoms with Crippen molar-refractivity contribution < 1.29 is 14.7 Å². The van der Waals surface area contributed by atoms with Gasteiger partial charge in [-0.3, -0.25) is 9.59 Å². The van der Waals surface area contributed by atoms with Crippen LogP contribution in [-0.4, -0.2) is 23.0 Å². The van der Waals surface area contributed by atoms with E-state index in [1.807, 2.05) is 6.92 Å². The Morgan fingerprint density at radius 2 is 2.42 bits per heavy atom. The third kappa shape index (κ3) is 1.96. The molecule has 0 aromatic rings. The van der Waals surface area contributed by atoms with E-state index >= 15 is 0 Å². The summed E-state index contributed by atoms with van der Waals surface area (Å²) in [5, 5.41) is 11.4. The molecule has 0 saturated carbocycles. The van der Waals surface area contributed by atoms with Gasteiger partial charge in [-0.25, -0.2) is 0 Å². The first-order valence-electron chi connectivity index (χ1n) is 4.15. The number of rotatable bonds is 2. The third-order valence-corrected chi connectivity index (χ3v) is 2.21. The largest absolute Gasteiger partial charge is 0.481 e. The minimum atomic E-state index is -0.858.